The lowest BCUT2D eigenvalue weighted by Gasteiger charge is -2.31. The lowest BCUT2D eigenvalue weighted by molar-refractivity contribution is 0.261. The minimum absolute atomic E-state index is 0.442. The van der Waals surface area contributed by atoms with Crippen molar-refractivity contribution in [1.29, 1.82) is 0 Å². The summed E-state index contributed by atoms with van der Waals surface area (Å²) in [4.78, 5) is 0.442. The lowest BCUT2D eigenvalue weighted by Crippen LogP contribution is -2.39. The van der Waals surface area contributed by atoms with Crippen molar-refractivity contribution in [1.82, 2.24) is 4.31 Å². The second-order valence-electron chi connectivity index (χ2n) is 5.76. The largest absolute Gasteiger partial charge is 0.243 e. The van der Waals surface area contributed by atoms with Gasteiger partial charge in [-0.2, -0.15) is 4.31 Å². The van der Waals surface area contributed by atoms with Crippen LogP contribution in [0.25, 0.3) is 10.8 Å². The molecule has 1 aliphatic heterocycles. The van der Waals surface area contributed by atoms with E-state index in [1.54, 1.807) is 10.4 Å². The Morgan fingerprint density at radius 1 is 1.14 bits per heavy atom. The number of hydrogen-bond donors (Lipinski definition) is 0. The van der Waals surface area contributed by atoms with Crippen molar-refractivity contribution in [2.45, 2.75) is 31.1 Å². The third kappa shape index (κ3) is 2.70. The van der Waals surface area contributed by atoms with Crippen molar-refractivity contribution < 1.29 is 8.42 Å². The molecule has 1 aliphatic rings. The highest BCUT2D eigenvalue weighted by Gasteiger charge is 2.30. The second-order valence-corrected chi connectivity index (χ2v) is 7.66. The smallest absolute Gasteiger partial charge is 0.207 e. The Bertz CT molecular complexity index is 734. The molecule has 1 saturated heterocycles. The number of nitrogens with zero attached hydrogens (tertiary/aromatic N) is 1. The van der Waals surface area contributed by atoms with Crippen LogP contribution in [0, 0.1) is 5.92 Å². The predicted octanol–water partition coefficient (Wildman–Crippen LogP) is 3.65. The number of hydrogen-bond acceptors (Lipinski definition) is 2. The van der Waals surface area contributed by atoms with Gasteiger partial charge in [-0.15, -0.1) is 0 Å². The van der Waals surface area contributed by atoms with E-state index in [1.807, 2.05) is 36.4 Å². The molecule has 2 aromatic rings. The van der Waals surface area contributed by atoms with Gasteiger partial charge in [-0.05, 0) is 30.2 Å². The summed E-state index contributed by atoms with van der Waals surface area (Å²) in [5.41, 5.74) is 0. The summed E-state index contributed by atoms with van der Waals surface area (Å²) in [5, 5.41) is 1.79. The molecule has 3 nitrogen and oxygen atoms in total. The number of benzene rings is 2. The topological polar surface area (TPSA) is 37.4 Å². The molecule has 112 valence electrons. The molecule has 2 aromatic carbocycles. The standard InChI is InChI=1S/C17H21NO2S/c1-2-14-7-6-12-18(13-14)21(19,20)17-11-5-9-15-8-3-4-10-16(15)17/h3-5,8-11,14H,2,6-7,12-13H2,1H3. The fraction of sp³-hybridized carbons (Fsp3) is 0.412. The van der Waals surface area contributed by atoms with Gasteiger partial charge in [0.05, 0.1) is 4.90 Å². The van der Waals surface area contributed by atoms with E-state index in [0.29, 0.717) is 23.9 Å². The average Bonchev–Trinajstić information content (AvgIpc) is 2.54. The molecule has 21 heavy (non-hydrogen) atoms. The molecule has 1 fully saturated rings. The molecule has 3 rings (SSSR count). The maximum atomic E-state index is 13.0. The Kier molecular flexibility index (Phi) is 4.00. The summed E-state index contributed by atoms with van der Waals surface area (Å²) in [6.45, 7) is 3.43. The molecule has 0 aliphatic carbocycles. The monoisotopic (exact) mass is 303 g/mol. The van der Waals surface area contributed by atoms with Gasteiger partial charge in [-0.1, -0.05) is 49.7 Å². The van der Waals surface area contributed by atoms with Crippen molar-refractivity contribution in [2.24, 2.45) is 5.92 Å². The maximum Gasteiger partial charge on any atom is 0.243 e. The zero-order valence-corrected chi connectivity index (χ0v) is 13.1. The summed E-state index contributed by atoms with van der Waals surface area (Å²) in [7, 11) is -3.40. The zero-order chi connectivity index (χ0) is 14.9. The number of sulfonamides is 1. The first kappa shape index (κ1) is 14.5. The van der Waals surface area contributed by atoms with E-state index < -0.39 is 10.0 Å². The molecule has 0 bridgehead atoms. The lowest BCUT2D eigenvalue weighted by atomic mass is 9.97. The molecule has 1 heterocycles. The van der Waals surface area contributed by atoms with Crippen molar-refractivity contribution in [2.75, 3.05) is 13.1 Å². The fourth-order valence-corrected chi connectivity index (χ4v) is 4.91. The number of fused-ring (bicyclic) bond motifs is 1. The first-order chi connectivity index (χ1) is 10.1. The summed E-state index contributed by atoms with van der Waals surface area (Å²) in [5.74, 6) is 0.489. The first-order valence-corrected chi connectivity index (χ1v) is 9.05. The molecule has 1 atom stereocenters. The van der Waals surface area contributed by atoms with Gasteiger partial charge in [0, 0.05) is 18.5 Å². The summed E-state index contributed by atoms with van der Waals surface area (Å²) in [6, 6.07) is 13.2. The van der Waals surface area contributed by atoms with Crippen molar-refractivity contribution in [3.63, 3.8) is 0 Å². The van der Waals surface area contributed by atoms with E-state index in [0.717, 1.165) is 30.0 Å². The van der Waals surface area contributed by atoms with Crippen LogP contribution in [0.15, 0.2) is 47.4 Å². The van der Waals surface area contributed by atoms with Crippen LogP contribution in [0.5, 0.6) is 0 Å². The highest BCUT2D eigenvalue weighted by molar-refractivity contribution is 7.89. The van der Waals surface area contributed by atoms with Gasteiger partial charge in [-0.25, -0.2) is 8.42 Å². The van der Waals surface area contributed by atoms with Crippen LogP contribution in [-0.2, 0) is 10.0 Å². The van der Waals surface area contributed by atoms with E-state index in [2.05, 4.69) is 6.92 Å². The molecule has 0 saturated carbocycles. The Hall–Kier alpha value is -1.39. The summed E-state index contributed by atoms with van der Waals surface area (Å²) >= 11 is 0. The Labute approximate surface area is 126 Å². The van der Waals surface area contributed by atoms with Gasteiger partial charge in [0.15, 0.2) is 0 Å². The Morgan fingerprint density at radius 3 is 2.71 bits per heavy atom. The molecule has 1 unspecified atom stereocenters. The zero-order valence-electron chi connectivity index (χ0n) is 12.3. The molecule has 4 heteroatoms. The second kappa shape index (κ2) is 5.78. The average molecular weight is 303 g/mol. The van der Waals surface area contributed by atoms with Crippen LogP contribution >= 0.6 is 0 Å². The Balaban J connectivity index is 2.04. The maximum absolute atomic E-state index is 13.0. The molecular weight excluding hydrogens is 282 g/mol. The minimum atomic E-state index is -3.40. The van der Waals surface area contributed by atoms with Crippen LogP contribution in [0.1, 0.15) is 26.2 Å². The number of piperidine rings is 1. The summed E-state index contributed by atoms with van der Waals surface area (Å²) < 4.78 is 27.7. The molecule has 0 radical (unpaired) electrons. The molecule has 0 spiro atoms. The van der Waals surface area contributed by atoms with Crippen LogP contribution in [0.4, 0.5) is 0 Å². The SMILES string of the molecule is CCC1CCCN(S(=O)(=O)c2cccc3ccccc23)C1. The molecule has 0 N–H and O–H groups in total. The third-order valence-corrected chi connectivity index (χ3v) is 6.35. The van der Waals surface area contributed by atoms with E-state index in [4.69, 9.17) is 0 Å². The van der Waals surface area contributed by atoms with Gasteiger partial charge in [-0.3, -0.25) is 0 Å². The highest BCUT2D eigenvalue weighted by atomic mass is 32.2. The van der Waals surface area contributed by atoms with Gasteiger partial charge in [0.1, 0.15) is 0 Å². The molecule has 0 amide bonds. The number of rotatable bonds is 3. The Morgan fingerprint density at radius 2 is 1.90 bits per heavy atom. The summed E-state index contributed by atoms with van der Waals surface area (Å²) in [6.07, 6.45) is 3.14. The highest BCUT2D eigenvalue weighted by Crippen LogP contribution is 2.29. The quantitative estimate of drug-likeness (QED) is 0.868. The van der Waals surface area contributed by atoms with Crippen LogP contribution < -0.4 is 0 Å². The van der Waals surface area contributed by atoms with Gasteiger partial charge in [0.2, 0.25) is 10.0 Å². The third-order valence-electron chi connectivity index (χ3n) is 4.43. The van der Waals surface area contributed by atoms with Crippen LogP contribution in [-0.4, -0.2) is 25.8 Å². The van der Waals surface area contributed by atoms with Crippen LogP contribution in [0.2, 0.25) is 0 Å². The van der Waals surface area contributed by atoms with Crippen LogP contribution in [0.3, 0.4) is 0 Å². The van der Waals surface area contributed by atoms with Crippen molar-refractivity contribution in [3.05, 3.63) is 42.5 Å². The van der Waals surface area contributed by atoms with Crippen molar-refractivity contribution in [3.8, 4) is 0 Å². The minimum Gasteiger partial charge on any atom is -0.207 e. The van der Waals surface area contributed by atoms with E-state index >= 15 is 0 Å². The van der Waals surface area contributed by atoms with Gasteiger partial charge in [0.25, 0.3) is 0 Å². The molecular formula is C17H21NO2S. The van der Waals surface area contributed by atoms with E-state index in [-0.39, 0.29) is 0 Å². The van der Waals surface area contributed by atoms with E-state index in [1.165, 1.54) is 0 Å². The predicted molar refractivity (Wildman–Crippen MR) is 85.7 cm³/mol. The van der Waals surface area contributed by atoms with E-state index in [9.17, 15) is 8.42 Å². The normalized spacial score (nSPS) is 20.7. The fourth-order valence-electron chi connectivity index (χ4n) is 3.14. The molecule has 0 aromatic heterocycles. The van der Waals surface area contributed by atoms with Gasteiger partial charge >= 0.3 is 0 Å². The van der Waals surface area contributed by atoms with Crippen molar-refractivity contribution >= 4 is 20.8 Å². The van der Waals surface area contributed by atoms with Gasteiger partial charge < -0.3 is 0 Å². The first-order valence-electron chi connectivity index (χ1n) is 7.61.